The summed E-state index contributed by atoms with van der Waals surface area (Å²) >= 11 is 5.99. The molecule has 110 valence electrons. The minimum Gasteiger partial charge on any atom is -0.505 e. The molecule has 1 aromatic carbocycles. The number of aromatic hydroxyl groups is 1. The molecular weight excluding hydrogens is 296 g/mol. The molecule has 1 amide bonds. The van der Waals surface area contributed by atoms with Crippen LogP contribution in [-0.4, -0.2) is 30.2 Å². The first-order valence-electron chi connectivity index (χ1n) is 5.92. The highest BCUT2D eigenvalue weighted by Gasteiger charge is 2.15. The second-order valence-electron chi connectivity index (χ2n) is 4.03. The Kier molecular flexibility index (Phi) is 4.49. The van der Waals surface area contributed by atoms with E-state index >= 15 is 0 Å². The summed E-state index contributed by atoms with van der Waals surface area (Å²) in [6.07, 6.45) is 2.60. The van der Waals surface area contributed by atoms with Crippen LogP contribution in [0.15, 0.2) is 30.6 Å². The second-order valence-corrected chi connectivity index (χ2v) is 4.44. The van der Waals surface area contributed by atoms with E-state index in [-0.39, 0.29) is 11.3 Å². The van der Waals surface area contributed by atoms with E-state index in [4.69, 9.17) is 21.1 Å². The monoisotopic (exact) mass is 308 g/mol. The number of nitrogens with zero attached hydrogens (tertiary/aromatic N) is 1. The SMILES string of the molecule is COc1cc(NC(=O)c2ccncc2O)c(OC)cc1Cl. The van der Waals surface area contributed by atoms with Gasteiger partial charge in [0.1, 0.15) is 17.2 Å². The Morgan fingerprint density at radius 2 is 2.00 bits per heavy atom. The molecule has 0 atom stereocenters. The van der Waals surface area contributed by atoms with Gasteiger partial charge in [-0.2, -0.15) is 0 Å². The molecule has 21 heavy (non-hydrogen) atoms. The number of aromatic nitrogens is 1. The fraction of sp³-hybridized carbons (Fsp3) is 0.143. The van der Waals surface area contributed by atoms with Crippen LogP contribution in [0.25, 0.3) is 0 Å². The van der Waals surface area contributed by atoms with Crippen LogP contribution in [0.4, 0.5) is 5.69 Å². The second kappa shape index (κ2) is 6.32. The van der Waals surface area contributed by atoms with Crippen LogP contribution in [0, 0.1) is 0 Å². The van der Waals surface area contributed by atoms with Crippen molar-refractivity contribution in [2.24, 2.45) is 0 Å². The van der Waals surface area contributed by atoms with Gasteiger partial charge in [0.25, 0.3) is 5.91 Å². The zero-order valence-electron chi connectivity index (χ0n) is 11.4. The lowest BCUT2D eigenvalue weighted by atomic mass is 10.2. The number of rotatable bonds is 4. The molecule has 0 bridgehead atoms. The van der Waals surface area contributed by atoms with E-state index in [0.717, 1.165) is 0 Å². The maximum absolute atomic E-state index is 12.2. The molecule has 2 aromatic rings. The Bertz CT molecular complexity index is 676. The van der Waals surface area contributed by atoms with Gasteiger partial charge in [0, 0.05) is 18.3 Å². The van der Waals surface area contributed by atoms with Crippen LogP contribution in [0.3, 0.4) is 0 Å². The number of carbonyl (C=O) groups is 1. The maximum atomic E-state index is 12.2. The van der Waals surface area contributed by atoms with Crippen LogP contribution >= 0.6 is 11.6 Å². The smallest absolute Gasteiger partial charge is 0.259 e. The van der Waals surface area contributed by atoms with Crippen molar-refractivity contribution >= 4 is 23.2 Å². The van der Waals surface area contributed by atoms with Gasteiger partial charge >= 0.3 is 0 Å². The number of hydrogen-bond acceptors (Lipinski definition) is 5. The van der Waals surface area contributed by atoms with Crippen LogP contribution in [0.5, 0.6) is 17.2 Å². The summed E-state index contributed by atoms with van der Waals surface area (Å²) in [6, 6.07) is 4.48. The van der Waals surface area contributed by atoms with Gasteiger partial charge in [-0.15, -0.1) is 0 Å². The molecule has 0 aliphatic heterocycles. The first-order chi connectivity index (χ1) is 10.1. The molecular formula is C14H13ClN2O4. The zero-order valence-corrected chi connectivity index (χ0v) is 12.1. The molecule has 0 aliphatic rings. The average Bonchev–Trinajstić information content (AvgIpc) is 2.48. The molecule has 2 rings (SSSR count). The highest BCUT2D eigenvalue weighted by Crippen LogP contribution is 2.36. The van der Waals surface area contributed by atoms with E-state index < -0.39 is 5.91 Å². The summed E-state index contributed by atoms with van der Waals surface area (Å²) in [5, 5.41) is 12.6. The lowest BCUT2D eigenvalue weighted by molar-refractivity contribution is 0.102. The molecule has 0 aliphatic carbocycles. The van der Waals surface area contributed by atoms with Crippen LogP contribution in [0.1, 0.15) is 10.4 Å². The number of amides is 1. The summed E-state index contributed by atoms with van der Waals surface area (Å²) in [7, 11) is 2.92. The number of pyridine rings is 1. The normalized spacial score (nSPS) is 10.0. The third-order valence-electron chi connectivity index (χ3n) is 2.77. The van der Waals surface area contributed by atoms with Crippen LogP contribution < -0.4 is 14.8 Å². The van der Waals surface area contributed by atoms with Crippen molar-refractivity contribution in [1.29, 1.82) is 0 Å². The Hall–Kier alpha value is -2.47. The molecule has 1 aromatic heterocycles. The van der Waals surface area contributed by atoms with E-state index in [1.807, 2.05) is 0 Å². The molecule has 0 unspecified atom stereocenters. The van der Waals surface area contributed by atoms with Crippen LogP contribution in [-0.2, 0) is 0 Å². The van der Waals surface area contributed by atoms with Crippen molar-refractivity contribution in [1.82, 2.24) is 4.98 Å². The summed E-state index contributed by atoms with van der Waals surface area (Å²) in [5.74, 6) is 0.0573. The van der Waals surface area contributed by atoms with Gasteiger partial charge in [-0.1, -0.05) is 11.6 Å². The highest BCUT2D eigenvalue weighted by atomic mass is 35.5. The third-order valence-corrected chi connectivity index (χ3v) is 3.06. The molecule has 6 nitrogen and oxygen atoms in total. The Labute approximate surface area is 126 Å². The Morgan fingerprint density at radius 1 is 1.29 bits per heavy atom. The fourth-order valence-corrected chi connectivity index (χ4v) is 1.96. The molecule has 7 heteroatoms. The first-order valence-corrected chi connectivity index (χ1v) is 6.30. The largest absolute Gasteiger partial charge is 0.505 e. The number of carbonyl (C=O) groups excluding carboxylic acids is 1. The van der Waals surface area contributed by atoms with Gasteiger partial charge in [0.2, 0.25) is 0 Å². The van der Waals surface area contributed by atoms with Crippen molar-refractivity contribution in [3.05, 3.63) is 41.2 Å². The maximum Gasteiger partial charge on any atom is 0.259 e. The van der Waals surface area contributed by atoms with Crippen molar-refractivity contribution in [3.8, 4) is 17.2 Å². The van der Waals surface area contributed by atoms with Crippen molar-refractivity contribution in [3.63, 3.8) is 0 Å². The van der Waals surface area contributed by atoms with E-state index in [0.29, 0.717) is 22.2 Å². The zero-order chi connectivity index (χ0) is 15.4. The topological polar surface area (TPSA) is 80.7 Å². The number of benzene rings is 1. The number of ether oxygens (including phenoxy) is 2. The number of halogens is 1. The molecule has 0 spiro atoms. The van der Waals surface area contributed by atoms with Gasteiger partial charge in [0.15, 0.2) is 0 Å². The van der Waals surface area contributed by atoms with Gasteiger partial charge in [-0.3, -0.25) is 9.78 Å². The van der Waals surface area contributed by atoms with E-state index in [2.05, 4.69) is 10.3 Å². The molecule has 0 fully saturated rings. The van der Waals surface area contributed by atoms with E-state index in [1.165, 1.54) is 44.8 Å². The third kappa shape index (κ3) is 3.17. The molecule has 1 heterocycles. The summed E-state index contributed by atoms with van der Waals surface area (Å²) in [5.41, 5.74) is 0.473. The predicted octanol–water partition coefficient (Wildman–Crippen LogP) is 2.71. The molecule has 2 N–H and O–H groups in total. The minimum atomic E-state index is -0.502. The summed E-state index contributed by atoms with van der Waals surface area (Å²) in [6.45, 7) is 0. The van der Waals surface area contributed by atoms with E-state index in [9.17, 15) is 9.90 Å². The van der Waals surface area contributed by atoms with Crippen molar-refractivity contribution in [2.75, 3.05) is 19.5 Å². The van der Waals surface area contributed by atoms with Gasteiger partial charge in [-0.05, 0) is 6.07 Å². The first kappa shape index (κ1) is 14.9. The molecule has 0 radical (unpaired) electrons. The Morgan fingerprint density at radius 3 is 2.62 bits per heavy atom. The molecule has 0 saturated carbocycles. The number of anilines is 1. The van der Waals surface area contributed by atoms with Crippen LogP contribution in [0.2, 0.25) is 5.02 Å². The lowest BCUT2D eigenvalue weighted by Crippen LogP contribution is -2.13. The highest BCUT2D eigenvalue weighted by molar-refractivity contribution is 6.32. The lowest BCUT2D eigenvalue weighted by Gasteiger charge is -2.13. The fourth-order valence-electron chi connectivity index (χ4n) is 1.73. The average molecular weight is 309 g/mol. The Balaban J connectivity index is 2.35. The van der Waals surface area contributed by atoms with Gasteiger partial charge in [-0.25, -0.2) is 0 Å². The minimum absolute atomic E-state index is 0.0981. The number of hydrogen-bond donors (Lipinski definition) is 2. The summed E-state index contributed by atoms with van der Waals surface area (Å²) < 4.78 is 10.3. The standard InChI is InChI=1S/C14H13ClN2O4/c1-20-12-6-10(13(21-2)5-9(12)15)17-14(19)8-3-4-16-7-11(8)18/h3-7,18H,1-2H3,(H,17,19). The molecule has 0 saturated heterocycles. The number of nitrogens with one attached hydrogen (secondary N) is 1. The quantitative estimate of drug-likeness (QED) is 0.907. The predicted molar refractivity (Wildman–Crippen MR) is 78.4 cm³/mol. The number of methoxy groups -OCH3 is 2. The van der Waals surface area contributed by atoms with E-state index in [1.54, 1.807) is 0 Å². The van der Waals surface area contributed by atoms with Gasteiger partial charge < -0.3 is 19.9 Å². The summed E-state index contributed by atoms with van der Waals surface area (Å²) in [4.78, 5) is 15.9. The van der Waals surface area contributed by atoms with Gasteiger partial charge in [0.05, 0.1) is 36.7 Å². The van der Waals surface area contributed by atoms with Crippen molar-refractivity contribution in [2.45, 2.75) is 0 Å². The van der Waals surface area contributed by atoms with Crippen molar-refractivity contribution < 1.29 is 19.4 Å².